The van der Waals surface area contributed by atoms with E-state index >= 15 is 0 Å². The van der Waals surface area contributed by atoms with Crippen LogP contribution in [0.3, 0.4) is 0 Å². The fourth-order valence-corrected chi connectivity index (χ4v) is 1.07. The summed E-state index contributed by atoms with van der Waals surface area (Å²) in [6.45, 7) is 1.86. The van der Waals surface area contributed by atoms with Gasteiger partial charge in [-0.15, -0.1) is 6.42 Å². The predicted octanol–water partition coefficient (Wildman–Crippen LogP) is 3.22. The third-order valence-electron chi connectivity index (χ3n) is 1.69. The van der Waals surface area contributed by atoms with Crippen molar-refractivity contribution in [2.75, 3.05) is 0 Å². The zero-order chi connectivity index (χ0) is 9.14. The smallest absolute Gasteiger partial charge is 0.141 e. The van der Waals surface area contributed by atoms with Gasteiger partial charge >= 0.3 is 0 Å². The van der Waals surface area contributed by atoms with Gasteiger partial charge in [0.05, 0.1) is 5.02 Å². The van der Waals surface area contributed by atoms with E-state index in [-0.39, 0.29) is 10.9 Å². The summed E-state index contributed by atoms with van der Waals surface area (Å²) >= 11 is 5.57. The molecule has 0 nitrogen and oxygen atoms in total. The SMILES string of the molecule is C#CC(C)c1ccc(F)c(Cl)c1. The Morgan fingerprint density at radius 3 is 2.75 bits per heavy atom. The van der Waals surface area contributed by atoms with Crippen LogP contribution in [0.25, 0.3) is 0 Å². The van der Waals surface area contributed by atoms with Crippen LogP contribution >= 0.6 is 11.6 Å². The van der Waals surface area contributed by atoms with Crippen molar-refractivity contribution in [2.45, 2.75) is 12.8 Å². The predicted molar refractivity (Wildman–Crippen MR) is 48.7 cm³/mol. The molecule has 1 rings (SSSR count). The first kappa shape index (κ1) is 9.09. The second-order valence-corrected chi connectivity index (χ2v) is 2.97. The average molecular weight is 183 g/mol. The van der Waals surface area contributed by atoms with E-state index in [1.165, 1.54) is 6.07 Å². The second kappa shape index (κ2) is 3.60. The van der Waals surface area contributed by atoms with Crippen molar-refractivity contribution in [1.82, 2.24) is 0 Å². The normalized spacial score (nSPS) is 12.2. The maximum absolute atomic E-state index is 12.7. The minimum absolute atomic E-state index is 0.0249. The number of hydrogen-bond donors (Lipinski definition) is 0. The Kier molecular flexibility index (Phi) is 2.73. The number of rotatable bonds is 1. The van der Waals surface area contributed by atoms with Gasteiger partial charge in [0.2, 0.25) is 0 Å². The van der Waals surface area contributed by atoms with Crippen molar-refractivity contribution in [1.29, 1.82) is 0 Å². The monoisotopic (exact) mass is 182 g/mol. The quantitative estimate of drug-likeness (QED) is 0.585. The minimum atomic E-state index is -0.412. The molecule has 0 fully saturated rings. The van der Waals surface area contributed by atoms with Gasteiger partial charge in [-0.3, -0.25) is 0 Å². The Morgan fingerprint density at radius 2 is 2.25 bits per heavy atom. The van der Waals surface area contributed by atoms with Gasteiger partial charge in [0.1, 0.15) is 5.82 Å². The average Bonchev–Trinajstić information content (AvgIpc) is 2.08. The molecule has 1 aromatic carbocycles. The topological polar surface area (TPSA) is 0 Å². The molecule has 0 amide bonds. The molecule has 0 saturated heterocycles. The molecule has 0 N–H and O–H groups in total. The van der Waals surface area contributed by atoms with Crippen LogP contribution in [0, 0.1) is 18.2 Å². The first-order chi connectivity index (χ1) is 5.65. The van der Waals surface area contributed by atoms with E-state index in [1.54, 1.807) is 12.1 Å². The minimum Gasteiger partial charge on any atom is -0.205 e. The molecule has 62 valence electrons. The van der Waals surface area contributed by atoms with Gasteiger partial charge in [-0.1, -0.05) is 23.6 Å². The van der Waals surface area contributed by atoms with Crippen LogP contribution in [0.15, 0.2) is 18.2 Å². The van der Waals surface area contributed by atoms with E-state index in [1.807, 2.05) is 6.92 Å². The van der Waals surface area contributed by atoms with Crippen LogP contribution in [0.2, 0.25) is 5.02 Å². The van der Waals surface area contributed by atoms with Gasteiger partial charge in [0.25, 0.3) is 0 Å². The molecule has 0 aromatic heterocycles. The van der Waals surface area contributed by atoms with E-state index in [2.05, 4.69) is 5.92 Å². The highest BCUT2D eigenvalue weighted by atomic mass is 35.5. The Labute approximate surface area is 76.4 Å². The lowest BCUT2D eigenvalue weighted by Gasteiger charge is -2.04. The van der Waals surface area contributed by atoms with E-state index in [0.29, 0.717) is 0 Å². The van der Waals surface area contributed by atoms with Crippen molar-refractivity contribution in [3.8, 4) is 12.3 Å². The molecule has 2 heteroatoms. The summed E-state index contributed by atoms with van der Waals surface area (Å²) in [5, 5.41) is 0.120. The molecular formula is C10H8ClF. The molecule has 0 bridgehead atoms. The standard InChI is InChI=1S/C10H8ClF/c1-3-7(2)8-4-5-10(12)9(11)6-8/h1,4-7H,2H3. The van der Waals surface area contributed by atoms with Gasteiger partial charge in [-0.25, -0.2) is 4.39 Å². The summed E-state index contributed by atoms with van der Waals surface area (Å²) in [5.74, 6) is 2.11. The van der Waals surface area contributed by atoms with Gasteiger partial charge in [0.15, 0.2) is 0 Å². The number of halogens is 2. The van der Waals surface area contributed by atoms with Crippen LogP contribution < -0.4 is 0 Å². The highest BCUT2D eigenvalue weighted by Gasteiger charge is 2.04. The van der Waals surface area contributed by atoms with Crippen LogP contribution in [-0.4, -0.2) is 0 Å². The molecule has 0 heterocycles. The number of benzene rings is 1. The van der Waals surface area contributed by atoms with E-state index in [9.17, 15) is 4.39 Å². The molecule has 0 aliphatic heterocycles. The molecule has 0 aliphatic rings. The van der Waals surface area contributed by atoms with Crippen LogP contribution in [0.5, 0.6) is 0 Å². The molecule has 0 radical (unpaired) electrons. The lowest BCUT2D eigenvalue weighted by molar-refractivity contribution is 0.627. The van der Waals surface area contributed by atoms with Crippen molar-refractivity contribution in [3.05, 3.63) is 34.6 Å². The molecule has 1 unspecified atom stereocenters. The van der Waals surface area contributed by atoms with Crippen molar-refractivity contribution >= 4 is 11.6 Å². The lowest BCUT2D eigenvalue weighted by Crippen LogP contribution is -1.89. The lowest BCUT2D eigenvalue weighted by atomic mass is 10.0. The Hall–Kier alpha value is -1.00. The van der Waals surface area contributed by atoms with Crippen LogP contribution in [-0.2, 0) is 0 Å². The first-order valence-corrected chi connectivity index (χ1v) is 3.94. The maximum Gasteiger partial charge on any atom is 0.141 e. The molecule has 1 atom stereocenters. The Morgan fingerprint density at radius 1 is 1.58 bits per heavy atom. The fourth-order valence-electron chi connectivity index (χ4n) is 0.878. The zero-order valence-corrected chi connectivity index (χ0v) is 7.40. The van der Waals surface area contributed by atoms with Crippen molar-refractivity contribution in [3.63, 3.8) is 0 Å². The van der Waals surface area contributed by atoms with Gasteiger partial charge < -0.3 is 0 Å². The van der Waals surface area contributed by atoms with Crippen molar-refractivity contribution in [2.24, 2.45) is 0 Å². The molecule has 1 aromatic rings. The Balaban J connectivity index is 3.06. The van der Waals surface area contributed by atoms with Crippen molar-refractivity contribution < 1.29 is 4.39 Å². The summed E-state index contributed by atoms with van der Waals surface area (Å²) in [7, 11) is 0. The largest absolute Gasteiger partial charge is 0.205 e. The highest BCUT2D eigenvalue weighted by molar-refractivity contribution is 6.30. The zero-order valence-electron chi connectivity index (χ0n) is 6.64. The summed E-state index contributed by atoms with van der Waals surface area (Å²) in [5.41, 5.74) is 0.865. The summed E-state index contributed by atoms with van der Waals surface area (Å²) in [4.78, 5) is 0. The third-order valence-corrected chi connectivity index (χ3v) is 1.98. The maximum atomic E-state index is 12.7. The molecule has 12 heavy (non-hydrogen) atoms. The van der Waals surface area contributed by atoms with Crippen LogP contribution in [0.4, 0.5) is 4.39 Å². The Bertz CT molecular complexity index is 325. The summed E-state index contributed by atoms with van der Waals surface area (Å²) in [6, 6.07) is 4.53. The van der Waals surface area contributed by atoms with Crippen LogP contribution in [0.1, 0.15) is 18.4 Å². The third kappa shape index (κ3) is 1.78. The fraction of sp³-hybridized carbons (Fsp3) is 0.200. The van der Waals surface area contributed by atoms with E-state index < -0.39 is 5.82 Å². The van der Waals surface area contributed by atoms with Gasteiger partial charge in [0, 0.05) is 5.92 Å². The highest BCUT2D eigenvalue weighted by Crippen LogP contribution is 2.21. The summed E-state index contributed by atoms with van der Waals surface area (Å²) in [6.07, 6.45) is 5.21. The van der Waals surface area contributed by atoms with Gasteiger partial charge in [-0.05, 0) is 24.6 Å². The molecule has 0 aliphatic carbocycles. The molecule has 0 saturated carbocycles. The van der Waals surface area contributed by atoms with E-state index in [0.717, 1.165) is 5.56 Å². The number of terminal acetylenes is 1. The van der Waals surface area contributed by atoms with Gasteiger partial charge in [-0.2, -0.15) is 0 Å². The molecular weight excluding hydrogens is 175 g/mol. The summed E-state index contributed by atoms with van der Waals surface area (Å²) < 4.78 is 12.7. The first-order valence-electron chi connectivity index (χ1n) is 3.56. The van der Waals surface area contributed by atoms with E-state index in [4.69, 9.17) is 18.0 Å². The molecule has 0 spiro atoms. The number of hydrogen-bond acceptors (Lipinski definition) is 0. The second-order valence-electron chi connectivity index (χ2n) is 2.56.